The van der Waals surface area contributed by atoms with Gasteiger partial charge in [-0.3, -0.25) is 10.1 Å². The smallest absolute Gasteiger partial charge is 0.258 e. The van der Waals surface area contributed by atoms with Gasteiger partial charge in [-0.15, -0.1) is 0 Å². The van der Waals surface area contributed by atoms with Crippen molar-refractivity contribution in [3.8, 4) is 6.07 Å². The summed E-state index contributed by atoms with van der Waals surface area (Å²) in [5.41, 5.74) is 1.72. The minimum absolute atomic E-state index is 0.0104. The highest BCUT2D eigenvalue weighted by Crippen LogP contribution is 2.24. The van der Waals surface area contributed by atoms with E-state index >= 15 is 0 Å². The number of non-ortho nitro benzene ring substituents is 1. The number of nitrogens with zero attached hydrogens (tertiary/aromatic N) is 2. The molecule has 0 aromatic heterocycles. The van der Waals surface area contributed by atoms with Gasteiger partial charge in [-0.2, -0.15) is 5.26 Å². The number of nitro groups is 1. The van der Waals surface area contributed by atoms with Crippen LogP contribution in [0.15, 0.2) is 48.5 Å². The maximum absolute atomic E-state index is 10.6. The van der Waals surface area contributed by atoms with E-state index in [0.717, 1.165) is 5.56 Å². The first kappa shape index (κ1) is 13.8. The minimum atomic E-state index is -0.479. The summed E-state index contributed by atoms with van der Waals surface area (Å²) in [6, 6.07) is 15.1. The summed E-state index contributed by atoms with van der Waals surface area (Å²) in [6.45, 7) is 0. The van der Waals surface area contributed by atoms with Crippen LogP contribution >= 0.6 is 11.6 Å². The highest BCUT2D eigenvalue weighted by Gasteiger charge is 2.07. The van der Waals surface area contributed by atoms with Gasteiger partial charge in [0.1, 0.15) is 0 Å². The van der Waals surface area contributed by atoms with Crippen molar-refractivity contribution >= 4 is 28.9 Å². The van der Waals surface area contributed by atoms with E-state index in [9.17, 15) is 15.4 Å². The van der Waals surface area contributed by atoms with E-state index in [-0.39, 0.29) is 5.69 Å². The molecular formula is C15H9ClN2O2. The molecule has 0 amide bonds. The summed E-state index contributed by atoms with van der Waals surface area (Å²) < 4.78 is 0. The van der Waals surface area contributed by atoms with Gasteiger partial charge in [0.15, 0.2) is 0 Å². The lowest BCUT2D eigenvalue weighted by Gasteiger charge is -2.01. The van der Waals surface area contributed by atoms with E-state index in [1.807, 2.05) is 6.07 Å². The van der Waals surface area contributed by atoms with E-state index in [0.29, 0.717) is 16.2 Å². The van der Waals surface area contributed by atoms with Crippen LogP contribution in [0.3, 0.4) is 0 Å². The summed E-state index contributed by atoms with van der Waals surface area (Å²) in [4.78, 5) is 10.1. The van der Waals surface area contributed by atoms with E-state index in [2.05, 4.69) is 6.07 Å². The van der Waals surface area contributed by atoms with Gasteiger partial charge in [0.05, 0.1) is 16.6 Å². The molecule has 2 aromatic carbocycles. The molecule has 0 fully saturated rings. The fourth-order valence-corrected chi connectivity index (χ4v) is 1.88. The monoisotopic (exact) mass is 284 g/mol. The third-order valence-electron chi connectivity index (χ3n) is 2.71. The van der Waals surface area contributed by atoms with Gasteiger partial charge in [0.2, 0.25) is 0 Å². The van der Waals surface area contributed by atoms with Gasteiger partial charge in [-0.05, 0) is 35.4 Å². The van der Waals surface area contributed by atoms with Crippen LogP contribution in [0.25, 0.3) is 11.6 Å². The summed E-state index contributed by atoms with van der Waals surface area (Å²) in [5, 5.41) is 20.4. The molecule has 0 aliphatic rings. The molecule has 98 valence electrons. The molecule has 4 nitrogen and oxygen atoms in total. The Kier molecular flexibility index (Phi) is 4.14. The van der Waals surface area contributed by atoms with Crippen molar-refractivity contribution in [3.05, 3.63) is 74.8 Å². The van der Waals surface area contributed by atoms with Crippen molar-refractivity contribution in [1.82, 2.24) is 0 Å². The summed E-state index contributed by atoms with van der Waals surface area (Å²) >= 11 is 6.04. The predicted octanol–water partition coefficient (Wildman–Crippen LogP) is 4.31. The zero-order valence-corrected chi connectivity index (χ0v) is 11.0. The number of halogens is 1. The second-order valence-corrected chi connectivity index (χ2v) is 4.40. The van der Waals surface area contributed by atoms with E-state index in [1.54, 1.807) is 36.4 Å². The first-order chi connectivity index (χ1) is 9.61. The van der Waals surface area contributed by atoms with Crippen LogP contribution in [0.1, 0.15) is 11.1 Å². The van der Waals surface area contributed by atoms with Gasteiger partial charge in [0.25, 0.3) is 5.69 Å². The number of hydrogen-bond donors (Lipinski definition) is 0. The Balaban J connectivity index is 2.41. The lowest BCUT2D eigenvalue weighted by atomic mass is 10.0. The Morgan fingerprint density at radius 1 is 1.20 bits per heavy atom. The van der Waals surface area contributed by atoms with Crippen LogP contribution in [0, 0.1) is 21.4 Å². The van der Waals surface area contributed by atoms with Crippen molar-refractivity contribution < 1.29 is 4.92 Å². The average Bonchev–Trinajstić information content (AvgIpc) is 2.46. The quantitative estimate of drug-likeness (QED) is 0.365. The largest absolute Gasteiger partial charge is 0.269 e. The van der Waals surface area contributed by atoms with Crippen LogP contribution in [-0.4, -0.2) is 4.92 Å². The molecule has 0 saturated carbocycles. The van der Waals surface area contributed by atoms with Crippen LogP contribution in [-0.2, 0) is 0 Å². The molecular weight excluding hydrogens is 276 g/mol. The number of benzene rings is 2. The highest BCUT2D eigenvalue weighted by molar-refractivity contribution is 6.32. The predicted molar refractivity (Wildman–Crippen MR) is 78.0 cm³/mol. The van der Waals surface area contributed by atoms with Crippen molar-refractivity contribution in [3.63, 3.8) is 0 Å². The average molecular weight is 285 g/mol. The van der Waals surface area contributed by atoms with E-state index in [4.69, 9.17) is 11.6 Å². The molecule has 0 N–H and O–H groups in total. The van der Waals surface area contributed by atoms with Gasteiger partial charge in [-0.1, -0.05) is 29.8 Å². The maximum Gasteiger partial charge on any atom is 0.269 e. The maximum atomic E-state index is 10.6. The Labute approximate surface area is 120 Å². The lowest BCUT2D eigenvalue weighted by Crippen LogP contribution is -1.88. The van der Waals surface area contributed by atoms with Crippen LogP contribution in [0.5, 0.6) is 0 Å². The van der Waals surface area contributed by atoms with Crippen LogP contribution in [0.4, 0.5) is 5.69 Å². The lowest BCUT2D eigenvalue weighted by molar-refractivity contribution is -0.384. The minimum Gasteiger partial charge on any atom is -0.258 e. The van der Waals surface area contributed by atoms with Crippen molar-refractivity contribution in [2.24, 2.45) is 0 Å². The number of rotatable bonds is 3. The van der Waals surface area contributed by atoms with E-state index < -0.39 is 4.92 Å². The molecule has 0 aliphatic carbocycles. The molecule has 0 aliphatic heterocycles. The molecule has 2 rings (SSSR count). The fourth-order valence-electron chi connectivity index (χ4n) is 1.69. The molecule has 0 bridgehead atoms. The second kappa shape index (κ2) is 6.00. The number of allylic oxidation sites excluding steroid dienone is 1. The van der Waals surface area contributed by atoms with Crippen molar-refractivity contribution in [1.29, 1.82) is 5.26 Å². The number of nitro benzene ring substituents is 1. The molecule has 20 heavy (non-hydrogen) atoms. The molecule has 2 aromatic rings. The standard InChI is InChI=1S/C15H9ClN2O2/c16-15-4-2-1-3-12(15)9-13(10-17)11-5-7-14(8-6-11)18(19)20/h1-9H/b13-9+. The molecule has 0 radical (unpaired) electrons. The van der Waals surface area contributed by atoms with Crippen molar-refractivity contribution in [2.75, 3.05) is 0 Å². The molecule has 0 heterocycles. The van der Waals surface area contributed by atoms with Gasteiger partial charge >= 0.3 is 0 Å². The third kappa shape index (κ3) is 3.02. The zero-order valence-electron chi connectivity index (χ0n) is 10.3. The molecule has 0 atom stereocenters. The first-order valence-corrected chi connectivity index (χ1v) is 6.11. The van der Waals surface area contributed by atoms with Crippen molar-refractivity contribution in [2.45, 2.75) is 0 Å². The summed E-state index contributed by atoms with van der Waals surface area (Å²) in [5.74, 6) is 0. The Bertz CT molecular complexity index is 715. The van der Waals surface area contributed by atoms with Gasteiger partial charge < -0.3 is 0 Å². The van der Waals surface area contributed by atoms with Gasteiger partial charge in [0, 0.05) is 17.2 Å². The number of hydrogen-bond acceptors (Lipinski definition) is 3. The molecule has 5 heteroatoms. The van der Waals surface area contributed by atoms with Crippen LogP contribution < -0.4 is 0 Å². The third-order valence-corrected chi connectivity index (χ3v) is 3.06. The first-order valence-electron chi connectivity index (χ1n) is 5.73. The van der Waals surface area contributed by atoms with E-state index in [1.165, 1.54) is 12.1 Å². The van der Waals surface area contributed by atoms with Gasteiger partial charge in [-0.25, -0.2) is 0 Å². The molecule has 0 spiro atoms. The molecule has 0 unspecified atom stereocenters. The summed E-state index contributed by atoms with van der Waals surface area (Å²) in [6.07, 6.45) is 1.66. The SMILES string of the molecule is N#C/C(=C\c1ccccc1Cl)c1ccc([N+](=O)[O-])cc1. The topological polar surface area (TPSA) is 66.9 Å². The Morgan fingerprint density at radius 2 is 1.85 bits per heavy atom. The fraction of sp³-hybridized carbons (Fsp3) is 0. The Morgan fingerprint density at radius 3 is 2.40 bits per heavy atom. The number of nitriles is 1. The zero-order chi connectivity index (χ0) is 14.5. The highest BCUT2D eigenvalue weighted by atomic mass is 35.5. The molecule has 0 saturated heterocycles. The Hall–Kier alpha value is -2.64. The normalized spacial score (nSPS) is 10.9. The van der Waals surface area contributed by atoms with Crippen LogP contribution in [0.2, 0.25) is 5.02 Å². The second-order valence-electron chi connectivity index (χ2n) is 4.00. The summed E-state index contributed by atoms with van der Waals surface area (Å²) in [7, 11) is 0.